The van der Waals surface area contributed by atoms with Crippen molar-refractivity contribution in [3.05, 3.63) is 77.0 Å². The van der Waals surface area contributed by atoms with Crippen molar-refractivity contribution >= 4 is 40.7 Å². The summed E-state index contributed by atoms with van der Waals surface area (Å²) < 4.78 is 1.75. The third kappa shape index (κ3) is 4.76. The molecule has 5 N–H and O–H groups in total. The molecule has 34 heavy (non-hydrogen) atoms. The molecule has 0 bridgehead atoms. The van der Waals surface area contributed by atoms with E-state index in [0.29, 0.717) is 5.16 Å². The molecule has 2 aromatic heterocycles. The summed E-state index contributed by atoms with van der Waals surface area (Å²) in [6, 6.07) is 15.8. The lowest BCUT2D eigenvalue weighted by Crippen LogP contribution is -2.19. The van der Waals surface area contributed by atoms with Gasteiger partial charge in [0, 0.05) is 22.4 Å². The molecule has 0 unspecified atom stereocenters. The topological polar surface area (TPSA) is 145 Å². The van der Waals surface area contributed by atoms with E-state index >= 15 is 0 Å². The van der Waals surface area contributed by atoms with E-state index in [1.54, 1.807) is 4.52 Å². The predicted octanol–water partition coefficient (Wildman–Crippen LogP) is 2.94. The van der Waals surface area contributed by atoms with Crippen molar-refractivity contribution in [3.8, 4) is 11.3 Å². The molecule has 0 saturated heterocycles. The SMILES string of the molecule is Cc1cc(C)c2c(-c3ccccc3)nc(SCC(=O)Nc3cc(C(N)=O)cc(C(N)=O)c3)n2n1. The summed E-state index contributed by atoms with van der Waals surface area (Å²) in [7, 11) is 0. The predicted molar refractivity (Wildman–Crippen MR) is 131 cm³/mol. The van der Waals surface area contributed by atoms with Crippen molar-refractivity contribution in [1.29, 1.82) is 0 Å². The van der Waals surface area contributed by atoms with Gasteiger partial charge in [0.1, 0.15) is 0 Å². The van der Waals surface area contributed by atoms with Gasteiger partial charge in [0.25, 0.3) is 0 Å². The highest BCUT2D eigenvalue weighted by molar-refractivity contribution is 7.99. The Morgan fingerprint density at radius 2 is 1.62 bits per heavy atom. The van der Waals surface area contributed by atoms with Gasteiger partial charge in [-0.15, -0.1) is 0 Å². The number of aromatic nitrogens is 3. The minimum Gasteiger partial charge on any atom is -0.366 e. The smallest absolute Gasteiger partial charge is 0.248 e. The fraction of sp³-hybridized carbons (Fsp3) is 0.125. The van der Waals surface area contributed by atoms with E-state index in [2.05, 4.69) is 10.4 Å². The van der Waals surface area contributed by atoms with Gasteiger partial charge in [-0.25, -0.2) is 9.50 Å². The molecule has 0 saturated carbocycles. The molecular weight excluding hydrogens is 452 g/mol. The van der Waals surface area contributed by atoms with Crippen LogP contribution in [0, 0.1) is 13.8 Å². The van der Waals surface area contributed by atoms with Gasteiger partial charge in [-0.3, -0.25) is 14.4 Å². The van der Waals surface area contributed by atoms with Gasteiger partial charge in [-0.1, -0.05) is 42.1 Å². The zero-order chi connectivity index (χ0) is 24.4. The number of nitrogens with two attached hydrogens (primary N) is 2. The molecule has 172 valence electrons. The minimum absolute atomic E-state index is 0.0225. The second-order valence-corrected chi connectivity index (χ2v) is 8.65. The monoisotopic (exact) mass is 474 g/mol. The van der Waals surface area contributed by atoms with Crippen molar-refractivity contribution in [2.75, 3.05) is 11.1 Å². The summed E-state index contributed by atoms with van der Waals surface area (Å²) in [5, 5.41) is 7.85. The number of nitrogens with zero attached hydrogens (tertiary/aromatic N) is 3. The molecule has 9 nitrogen and oxygen atoms in total. The Morgan fingerprint density at radius 3 is 2.24 bits per heavy atom. The number of aryl methyl sites for hydroxylation is 2. The number of anilines is 1. The summed E-state index contributed by atoms with van der Waals surface area (Å²) >= 11 is 1.23. The van der Waals surface area contributed by atoms with Crippen LogP contribution in [-0.4, -0.2) is 38.1 Å². The molecule has 4 aromatic rings. The molecule has 10 heteroatoms. The van der Waals surface area contributed by atoms with Gasteiger partial charge in [-0.05, 0) is 43.7 Å². The van der Waals surface area contributed by atoms with Crippen LogP contribution >= 0.6 is 11.8 Å². The maximum Gasteiger partial charge on any atom is 0.248 e. The maximum absolute atomic E-state index is 12.7. The van der Waals surface area contributed by atoms with Crippen molar-refractivity contribution < 1.29 is 14.4 Å². The van der Waals surface area contributed by atoms with Gasteiger partial charge in [0.15, 0.2) is 5.16 Å². The van der Waals surface area contributed by atoms with Gasteiger partial charge in [-0.2, -0.15) is 5.10 Å². The molecule has 3 amide bonds. The lowest BCUT2D eigenvalue weighted by Gasteiger charge is -2.08. The lowest BCUT2D eigenvalue weighted by molar-refractivity contribution is -0.113. The third-order valence-electron chi connectivity index (χ3n) is 5.05. The zero-order valence-electron chi connectivity index (χ0n) is 18.5. The number of hydrogen-bond donors (Lipinski definition) is 3. The van der Waals surface area contributed by atoms with E-state index in [1.807, 2.05) is 50.2 Å². The Morgan fingerprint density at radius 1 is 0.971 bits per heavy atom. The number of primary amides is 2. The molecule has 0 fully saturated rings. The number of amides is 3. The van der Waals surface area contributed by atoms with Crippen LogP contribution in [0.25, 0.3) is 16.8 Å². The first-order valence-electron chi connectivity index (χ1n) is 10.3. The number of fused-ring (bicyclic) bond motifs is 1. The number of hydrogen-bond acceptors (Lipinski definition) is 6. The number of nitrogens with one attached hydrogen (secondary N) is 1. The summed E-state index contributed by atoms with van der Waals surface area (Å²) in [6.07, 6.45) is 0. The summed E-state index contributed by atoms with van der Waals surface area (Å²) in [5.74, 6) is -1.80. The fourth-order valence-electron chi connectivity index (χ4n) is 3.61. The van der Waals surface area contributed by atoms with E-state index in [0.717, 1.165) is 28.0 Å². The molecule has 2 aromatic carbocycles. The van der Waals surface area contributed by atoms with Crippen molar-refractivity contribution in [2.24, 2.45) is 11.5 Å². The Labute approximate surface area is 199 Å². The lowest BCUT2D eigenvalue weighted by atomic mass is 10.1. The molecule has 0 atom stereocenters. The van der Waals surface area contributed by atoms with Gasteiger partial charge in [0.2, 0.25) is 17.7 Å². The molecular formula is C24H22N6O3S. The third-order valence-corrected chi connectivity index (χ3v) is 5.98. The van der Waals surface area contributed by atoms with Crippen LogP contribution in [-0.2, 0) is 4.79 Å². The molecule has 0 radical (unpaired) electrons. The second-order valence-electron chi connectivity index (χ2n) is 7.70. The largest absolute Gasteiger partial charge is 0.366 e. The van der Waals surface area contributed by atoms with Crippen LogP contribution in [0.3, 0.4) is 0 Å². The van der Waals surface area contributed by atoms with Crippen molar-refractivity contribution in [1.82, 2.24) is 14.6 Å². The first-order chi connectivity index (χ1) is 16.2. The van der Waals surface area contributed by atoms with Crippen molar-refractivity contribution in [2.45, 2.75) is 19.0 Å². The van der Waals surface area contributed by atoms with E-state index in [1.165, 1.54) is 30.0 Å². The fourth-order valence-corrected chi connectivity index (χ4v) is 4.35. The summed E-state index contributed by atoms with van der Waals surface area (Å²) in [5.41, 5.74) is 15.5. The first-order valence-corrected chi connectivity index (χ1v) is 11.3. The molecule has 0 aliphatic carbocycles. The number of imidazole rings is 1. The highest BCUT2D eigenvalue weighted by atomic mass is 32.2. The number of carbonyl (C=O) groups is 3. The molecule has 0 aliphatic rings. The first kappa shape index (κ1) is 23.0. The van der Waals surface area contributed by atoms with Gasteiger partial charge >= 0.3 is 0 Å². The second kappa shape index (κ2) is 9.36. The van der Waals surface area contributed by atoms with Gasteiger partial charge in [0.05, 0.1) is 22.7 Å². The maximum atomic E-state index is 12.7. The molecule has 4 rings (SSSR count). The van der Waals surface area contributed by atoms with Crippen molar-refractivity contribution in [3.63, 3.8) is 0 Å². The average molecular weight is 475 g/mol. The summed E-state index contributed by atoms with van der Waals surface area (Å²) in [6.45, 7) is 3.90. The Balaban J connectivity index is 1.60. The van der Waals surface area contributed by atoms with E-state index < -0.39 is 11.8 Å². The Bertz CT molecular complexity index is 1400. The number of rotatable bonds is 7. The Kier molecular flexibility index (Phi) is 6.33. The number of carbonyl (C=O) groups excluding carboxylic acids is 3. The van der Waals surface area contributed by atoms with Crippen LogP contribution in [0.5, 0.6) is 0 Å². The molecule has 0 aliphatic heterocycles. The van der Waals surface area contributed by atoms with Crippen LogP contribution in [0.15, 0.2) is 59.8 Å². The highest BCUT2D eigenvalue weighted by Gasteiger charge is 2.18. The number of thioether (sulfide) groups is 1. The molecule has 2 heterocycles. The van der Waals surface area contributed by atoms with Gasteiger partial charge < -0.3 is 16.8 Å². The molecule has 0 spiro atoms. The zero-order valence-corrected chi connectivity index (χ0v) is 19.3. The van der Waals surface area contributed by atoms with Crippen LogP contribution in [0.4, 0.5) is 5.69 Å². The van der Waals surface area contributed by atoms with Crippen LogP contribution < -0.4 is 16.8 Å². The minimum atomic E-state index is -0.734. The summed E-state index contributed by atoms with van der Waals surface area (Å²) in [4.78, 5) is 40.6. The van der Waals surface area contributed by atoms with E-state index in [9.17, 15) is 14.4 Å². The van der Waals surface area contributed by atoms with E-state index in [-0.39, 0.29) is 28.5 Å². The number of benzene rings is 2. The highest BCUT2D eigenvalue weighted by Crippen LogP contribution is 2.31. The van der Waals surface area contributed by atoms with Crippen LogP contribution in [0.2, 0.25) is 0 Å². The average Bonchev–Trinajstić information content (AvgIpc) is 3.16. The Hall–Kier alpha value is -4.18. The standard InChI is InChI=1S/C24H22N6O3S/c1-13-8-14(2)29-30-21(13)20(15-6-4-3-5-7-15)28-24(30)34-12-19(31)27-18-10-16(22(25)32)9-17(11-18)23(26)33/h3-11H,12H2,1-2H3,(H2,25,32)(H2,26,33)(H,27,31). The quantitative estimate of drug-likeness (QED) is 0.351. The normalized spacial score (nSPS) is 10.9. The van der Waals surface area contributed by atoms with E-state index in [4.69, 9.17) is 16.5 Å². The van der Waals surface area contributed by atoms with Crippen LogP contribution in [0.1, 0.15) is 32.0 Å².